The van der Waals surface area contributed by atoms with Crippen LogP contribution in [0.25, 0.3) is 0 Å². The van der Waals surface area contributed by atoms with Gasteiger partial charge in [-0.25, -0.2) is 5.84 Å². The lowest BCUT2D eigenvalue weighted by Gasteiger charge is -2.35. The first-order chi connectivity index (χ1) is 7.45. The van der Waals surface area contributed by atoms with Gasteiger partial charge in [-0.1, -0.05) is 6.92 Å². The fourth-order valence-electron chi connectivity index (χ4n) is 1.77. The predicted octanol–water partition coefficient (Wildman–Crippen LogP) is 0.358. The van der Waals surface area contributed by atoms with Gasteiger partial charge in [0.25, 0.3) is 0 Å². The topological polar surface area (TPSA) is 67.6 Å². The van der Waals surface area contributed by atoms with Crippen LogP contribution in [-0.2, 0) is 9.53 Å². The van der Waals surface area contributed by atoms with Gasteiger partial charge in [0.2, 0.25) is 5.91 Å². The van der Waals surface area contributed by atoms with E-state index in [0.717, 1.165) is 6.54 Å². The molecule has 0 saturated heterocycles. The van der Waals surface area contributed by atoms with Gasteiger partial charge < -0.3 is 4.74 Å². The molecule has 3 N–H and O–H groups in total. The minimum atomic E-state index is -0.135. The molecule has 0 saturated carbocycles. The summed E-state index contributed by atoms with van der Waals surface area (Å²) in [5.74, 6) is 4.88. The zero-order chi connectivity index (χ0) is 12.7. The van der Waals surface area contributed by atoms with Gasteiger partial charge in [0, 0.05) is 25.7 Å². The smallest absolute Gasteiger partial charge is 0.238 e. The minimum absolute atomic E-state index is 0.129. The molecule has 0 aliphatic rings. The van der Waals surface area contributed by atoms with E-state index < -0.39 is 0 Å². The van der Waals surface area contributed by atoms with Gasteiger partial charge in [-0.05, 0) is 20.8 Å². The number of nitrogens with one attached hydrogen (secondary N) is 1. The van der Waals surface area contributed by atoms with Crippen molar-refractivity contribution >= 4 is 5.91 Å². The minimum Gasteiger partial charge on any atom is -0.383 e. The fraction of sp³-hybridized carbons (Fsp3) is 0.909. The summed E-state index contributed by atoms with van der Waals surface area (Å²) in [6, 6.07) is 0.511. The standard InChI is InChI=1S/C11H25N3O2/c1-8(2)14(6-7-16-5)10(4)9(3)11(15)13-12/h8-10H,6-7,12H2,1-5H3,(H,13,15). The van der Waals surface area contributed by atoms with Gasteiger partial charge in [0.15, 0.2) is 0 Å². The molecule has 2 atom stereocenters. The maximum atomic E-state index is 11.5. The van der Waals surface area contributed by atoms with Gasteiger partial charge >= 0.3 is 0 Å². The molecule has 0 rings (SSSR count). The second kappa shape index (κ2) is 7.60. The summed E-state index contributed by atoms with van der Waals surface area (Å²) < 4.78 is 5.07. The van der Waals surface area contributed by atoms with E-state index in [4.69, 9.17) is 10.6 Å². The molecule has 0 fully saturated rings. The van der Waals surface area contributed by atoms with Crippen LogP contribution in [0.1, 0.15) is 27.7 Å². The number of methoxy groups -OCH3 is 1. The van der Waals surface area contributed by atoms with E-state index in [1.807, 2.05) is 13.8 Å². The molecule has 0 bridgehead atoms. The van der Waals surface area contributed by atoms with Crippen LogP contribution in [0.15, 0.2) is 0 Å². The van der Waals surface area contributed by atoms with E-state index in [9.17, 15) is 4.79 Å². The normalized spacial score (nSPS) is 15.2. The molecule has 5 nitrogen and oxygen atoms in total. The number of nitrogens with zero attached hydrogens (tertiary/aromatic N) is 1. The lowest BCUT2D eigenvalue weighted by atomic mass is 10.00. The Balaban J connectivity index is 4.47. The predicted molar refractivity (Wildman–Crippen MR) is 64.7 cm³/mol. The van der Waals surface area contributed by atoms with E-state index in [1.54, 1.807) is 7.11 Å². The Labute approximate surface area is 98.3 Å². The first-order valence-electron chi connectivity index (χ1n) is 5.70. The third-order valence-electron chi connectivity index (χ3n) is 3.02. The summed E-state index contributed by atoms with van der Waals surface area (Å²) >= 11 is 0. The average molecular weight is 231 g/mol. The summed E-state index contributed by atoms with van der Waals surface area (Å²) in [4.78, 5) is 13.7. The molecule has 2 unspecified atom stereocenters. The second-order valence-electron chi connectivity index (χ2n) is 4.36. The van der Waals surface area contributed by atoms with Crippen LogP contribution in [0.4, 0.5) is 0 Å². The van der Waals surface area contributed by atoms with Gasteiger partial charge in [-0.3, -0.25) is 15.1 Å². The van der Waals surface area contributed by atoms with Gasteiger partial charge in [-0.15, -0.1) is 0 Å². The second-order valence-corrected chi connectivity index (χ2v) is 4.36. The summed E-state index contributed by atoms with van der Waals surface area (Å²) in [5, 5.41) is 0. The van der Waals surface area contributed by atoms with E-state index in [0.29, 0.717) is 12.6 Å². The number of carbonyl (C=O) groups is 1. The van der Waals surface area contributed by atoms with E-state index in [1.165, 1.54) is 0 Å². The number of ether oxygens (including phenoxy) is 1. The lowest BCUT2D eigenvalue weighted by molar-refractivity contribution is -0.126. The molecule has 0 aliphatic carbocycles. The van der Waals surface area contributed by atoms with E-state index in [-0.39, 0.29) is 17.9 Å². The van der Waals surface area contributed by atoms with Gasteiger partial charge in [0.05, 0.1) is 12.5 Å². The van der Waals surface area contributed by atoms with Crippen LogP contribution in [0, 0.1) is 5.92 Å². The van der Waals surface area contributed by atoms with E-state index >= 15 is 0 Å². The summed E-state index contributed by atoms with van der Waals surface area (Å²) in [7, 11) is 1.68. The first-order valence-corrected chi connectivity index (χ1v) is 5.70. The van der Waals surface area contributed by atoms with Gasteiger partial charge in [0.1, 0.15) is 0 Å². The zero-order valence-corrected chi connectivity index (χ0v) is 11.0. The number of hydrogen-bond donors (Lipinski definition) is 2. The molecule has 16 heavy (non-hydrogen) atoms. The van der Waals surface area contributed by atoms with Crippen molar-refractivity contribution in [3.8, 4) is 0 Å². The van der Waals surface area contributed by atoms with Crippen molar-refractivity contribution in [2.24, 2.45) is 11.8 Å². The van der Waals surface area contributed by atoms with E-state index in [2.05, 4.69) is 24.2 Å². The molecule has 0 aromatic carbocycles. The molecular formula is C11H25N3O2. The number of carbonyl (C=O) groups excluding carboxylic acids is 1. The SMILES string of the molecule is COCCN(C(C)C)C(C)C(C)C(=O)NN. The molecular weight excluding hydrogens is 206 g/mol. The monoisotopic (exact) mass is 231 g/mol. The molecule has 0 aliphatic heterocycles. The Hall–Kier alpha value is -0.650. The molecule has 5 heteroatoms. The number of nitrogens with two attached hydrogens (primary N) is 1. The fourth-order valence-corrected chi connectivity index (χ4v) is 1.77. The number of hydrogen-bond acceptors (Lipinski definition) is 4. The van der Waals surface area contributed by atoms with Crippen molar-refractivity contribution in [2.75, 3.05) is 20.3 Å². The Morgan fingerprint density at radius 1 is 1.38 bits per heavy atom. The molecule has 0 aromatic heterocycles. The molecule has 96 valence electrons. The van der Waals surface area contributed by atoms with Crippen molar-refractivity contribution in [3.63, 3.8) is 0 Å². The quantitative estimate of drug-likeness (QED) is 0.377. The Morgan fingerprint density at radius 3 is 2.31 bits per heavy atom. The van der Waals surface area contributed by atoms with Crippen molar-refractivity contribution in [1.29, 1.82) is 0 Å². The molecule has 0 heterocycles. The number of hydrazine groups is 1. The summed E-state index contributed by atoms with van der Waals surface area (Å²) in [5.41, 5.74) is 2.20. The van der Waals surface area contributed by atoms with Crippen molar-refractivity contribution in [2.45, 2.75) is 39.8 Å². The average Bonchev–Trinajstić information content (AvgIpc) is 2.26. The maximum Gasteiger partial charge on any atom is 0.238 e. The number of amides is 1. The van der Waals surface area contributed by atoms with Gasteiger partial charge in [-0.2, -0.15) is 0 Å². The van der Waals surface area contributed by atoms with Crippen molar-refractivity contribution in [1.82, 2.24) is 10.3 Å². The van der Waals surface area contributed by atoms with Crippen molar-refractivity contribution < 1.29 is 9.53 Å². The van der Waals surface area contributed by atoms with Crippen LogP contribution in [0.3, 0.4) is 0 Å². The van der Waals surface area contributed by atoms with Crippen LogP contribution in [-0.4, -0.2) is 43.2 Å². The lowest BCUT2D eigenvalue weighted by Crippen LogP contribution is -2.49. The highest BCUT2D eigenvalue weighted by atomic mass is 16.5. The third kappa shape index (κ3) is 4.47. The molecule has 1 amide bonds. The summed E-state index contributed by atoms with van der Waals surface area (Å²) in [6.07, 6.45) is 0. The van der Waals surface area contributed by atoms with Crippen LogP contribution in [0.2, 0.25) is 0 Å². The first kappa shape index (κ1) is 15.3. The molecule has 0 spiro atoms. The Morgan fingerprint density at radius 2 is 1.94 bits per heavy atom. The van der Waals surface area contributed by atoms with Crippen LogP contribution in [0.5, 0.6) is 0 Å². The highest BCUT2D eigenvalue weighted by Crippen LogP contribution is 2.14. The highest BCUT2D eigenvalue weighted by molar-refractivity contribution is 5.78. The molecule has 0 aromatic rings. The van der Waals surface area contributed by atoms with Crippen LogP contribution < -0.4 is 11.3 Å². The third-order valence-corrected chi connectivity index (χ3v) is 3.02. The highest BCUT2D eigenvalue weighted by Gasteiger charge is 2.26. The molecule has 0 radical (unpaired) electrons. The van der Waals surface area contributed by atoms with Crippen molar-refractivity contribution in [3.05, 3.63) is 0 Å². The van der Waals surface area contributed by atoms with Crippen LogP contribution >= 0.6 is 0 Å². The largest absolute Gasteiger partial charge is 0.383 e. The zero-order valence-electron chi connectivity index (χ0n) is 11.0. The Bertz CT molecular complexity index is 209. The maximum absolute atomic E-state index is 11.5. The summed E-state index contributed by atoms with van der Waals surface area (Å²) in [6.45, 7) is 9.63. The Kier molecular flexibility index (Phi) is 7.29. The number of rotatable bonds is 7.